The number of carbonyl (C=O) groups excluding carboxylic acids is 2. The van der Waals surface area contributed by atoms with Crippen LogP contribution in [0.25, 0.3) is 31.9 Å². The molecule has 0 saturated heterocycles. The third-order valence-electron chi connectivity index (χ3n) is 4.80. The van der Waals surface area contributed by atoms with Crippen LogP contribution in [0, 0.1) is 6.92 Å². The average Bonchev–Trinajstić information content (AvgIpc) is 3.48. The molecule has 0 aliphatic heterocycles. The van der Waals surface area contributed by atoms with Crippen molar-refractivity contribution in [2.45, 2.75) is 6.92 Å². The largest absolute Gasteiger partial charge is 0.465 e. The second kappa shape index (κ2) is 7.37. The summed E-state index contributed by atoms with van der Waals surface area (Å²) >= 11 is 1.39. The summed E-state index contributed by atoms with van der Waals surface area (Å²) in [5, 5.41) is 3.30. The Labute approximate surface area is 179 Å². The number of aryl methyl sites for hydroxylation is 1. The fourth-order valence-electron chi connectivity index (χ4n) is 3.34. The van der Waals surface area contributed by atoms with Crippen LogP contribution >= 0.6 is 11.3 Å². The molecule has 0 unspecified atom stereocenters. The lowest BCUT2D eigenvalue weighted by molar-refractivity contribution is 0.0599. The number of hydrogen-bond acceptors (Lipinski definition) is 8. The van der Waals surface area contributed by atoms with E-state index in [0.29, 0.717) is 33.0 Å². The number of fused-ring (bicyclic) bond motifs is 2. The molecule has 0 radical (unpaired) electrons. The molecule has 0 atom stereocenters. The Morgan fingerprint density at radius 2 is 1.97 bits per heavy atom. The first kappa shape index (κ1) is 19.0. The Hall–Kier alpha value is -3.98. The van der Waals surface area contributed by atoms with Crippen LogP contribution < -0.4 is 5.32 Å². The number of furan rings is 1. The van der Waals surface area contributed by atoms with E-state index in [0.717, 1.165) is 10.2 Å². The third kappa shape index (κ3) is 3.24. The molecule has 1 N–H and O–H groups in total. The number of benzene rings is 2. The number of carbonyl (C=O) groups is 2. The molecule has 2 aromatic carbocycles. The van der Waals surface area contributed by atoms with Gasteiger partial charge in [-0.3, -0.25) is 10.1 Å². The first-order valence-corrected chi connectivity index (χ1v) is 10.1. The number of aromatic nitrogens is 2. The number of anilines is 1. The predicted molar refractivity (Wildman–Crippen MR) is 115 cm³/mol. The summed E-state index contributed by atoms with van der Waals surface area (Å²) in [7, 11) is 1.29. The van der Waals surface area contributed by atoms with E-state index in [1.807, 2.05) is 24.3 Å². The molecule has 154 valence electrons. The van der Waals surface area contributed by atoms with Crippen molar-refractivity contribution in [2.75, 3.05) is 12.4 Å². The van der Waals surface area contributed by atoms with Crippen molar-refractivity contribution in [3.63, 3.8) is 0 Å². The highest BCUT2D eigenvalue weighted by Gasteiger charge is 2.29. The number of nitrogens with one attached hydrogen (secondary N) is 1. The van der Waals surface area contributed by atoms with Gasteiger partial charge in [-0.2, -0.15) is 0 Å². The van der Waals surface area contributed by atoms with E-state index in [1.54, 1.807) is 25.1 Å². The van der Waals surface area contributed by atoms with Crippen LogP contribution in [0.4, 0.5) is 5.88 Å². The summed E-state index contributed by atoms with van der Waals surface area (Å²) in [6.45, 7) is 1.64. The number of nitrogens with zero attached hydrogens (tertiary/aromatic N) is 2. The summed E-state index contributed by atoms with van der Waals surface area (Å²) in [6.07, 6.45) is 1.32. The van der Waals surface area contributed by atoms with Gasteiger partial charge in [0, 0.05) is 5.56 Å². The van der Waals surface area contributed by atoms with Crippen LogP contribution in [0.3, 0.4) is 0 Å². The van der Waals surface area contributed by atoms with Gasteiger partial charge in [0.15, 0.2) is 12.0 Å². The van der Waals surface area contributed by atoms with E-state index in [4.69, 9.17) is 13.6 Å². The van der Waals surface area contributed by atoms with Gasteiger partial charge in [0.25, 0.3) is 5.91 Å². The normalized spacial score (nSPS) is 11.2. The molecule has 0 bridgehead atoms. The Bertz CT molecular complexity index is 1430. The number of esters is 1. The molecule has 0 spiro atoms. The smallest absolute Gasteiger partial charge is 0.342 e. The second-order valence-electron chi connectivity index (χ2n) is 6.70. The van der Waals surface area contributed by atoms with Crippen LogP contribution in [-0.4, -0.2) is 29.0 Å². The van der Waals surface area contributed by atoms with Crippen molar-refractivity contribution in [3.05, 3.63) is 65.7 Å². The van der Waals surface area contributed by atoms with Crippen LogP contribution in [0.1, 0.15) is 26.5 Å². The van der Waals surface area contributed by atoms with Gasteiger partial charge in [-0.1, -0.05) is 12.1 Å². The Balaban J connectivity index is 1.60. The highest BCUT2D eigenvalue weighted by Crippen LogP contribution is 2.40. The average molecular weight is 433 g/mol. The lowest BCUT2D eigenvalue weighted by atomic mass is 10.1. The standard InChI is InChI=1S/C22H15N3O5S/c1-11-17(22(27)28-2)18(21-24-13-5-3-4-6-16(13)31-21)20(30-11)25-19(26)12-7-8-15-14(9-12)23-10-29-15/h3-10H,1-2H3,(H,25,26). The van der Waals surface area contributed by atoms with E-state index in [1.165, 1.54) is 24.8 Å². The summed E-state index contributed by atoms with van der Waals surface area (Å²) in [5.74, 6) is -0.539. The van der Waals surface area contributed by atoms with Crippen LogP contribution in [0.2, 0.25) is 0 Å². The molecule has 0 saturated carbocycles. The Morgan fingerprint density at radius 1 is 1.13 bits per heavy atom. The summed E-state index contributed by atoms with van der Waals surface area (Å²) in [4.78, 5) is 34.1. The molecule has 0 fully saturated rings. The molecule has 0 aliphatic carbocycles. The first-order valence-electron chi connectivity index (χ1n) is 9.27. The molecule has 9 heteroatoms. The van der Waals surface area contributed by atoms with Gasteiger partial charge in [0.1, 0.15) is 21.8 Å². The van der Waals surface area contributed by atoms with Crippen molar-refractivity contribution < 1.29 is 23.2 Å². The number of thiazole rings is 1. The maximum Gasteiger partial charge on any atom is 0.342 e. The van der Waals surface area contributed by atoms with Crippen molar-refractivity contribution in [2.24, 2.45) is 0 Å². The van der Waals surface area contributed by atoms with Gasteiger partial charge >= 0.3 is 5.97 Å². The Morgan fingerprint density at radius 3 is 2.77 bits per heavy atom. The van der Waals surface area contributed by atoms with E-state index in [2.05, 4.69) is 15.3 Å². The van der Waals surface area contributed by atoms with Crippen molar-refractivity contribution in [3.8, 4) is 10.6 Å². The SMILES string of the molecule is COC(=O)c1c(C)oc(NC(=O)c2ccc3ocnc3c2)c1-c1nc2ccccc2s1. The maximum absolute atomic E-state index is 12.9. The van der Waals surface area contributed by atoms with Crippen LogP contribution in [0.15, 0.2) is 57.7 Å². The van der Waals surface area contributed by atoms with E-state index in [9.17, 15) is 9.59 Å². The monoisotopic (exact) mass is 433 g/mol. The molecule has 0 aliphatic rings. The van der Waals surface area contributed by atoms with Gasteiger partial charge in [0.2, 0.25) is 5.88 Å². The maximum atomic E-state index is 12.9. The third-order valence-corrected chi connectivity index (χ3v) is 5.86. The number of amides is 1. The predicted octanol–water partition coefficient (Wildman–Crippen LogP) is 5.04. The highest BCUT2D eigenvalue weighted by atomic mass is 32.1. The number of oxazole rings is 1. The highest BCUT2D eigenvalue weighted by molar-refractivity contribution is 7.21. The van der Waals surface area contributed by atoms with E-state index >= 15 is 0 Å². The van der Waals surface area contributed by atoms with Crippen molar-refractivity contribution in [1.82, 2.24) is 9.97 Å². The lowest BCUT2D eigenvalue weighted by Gasteiger charge is -2.05. The minimum atomic E-state index is -0.569. The molecular weight excluding hydrogens is 418 g/mol. The van der Waals surface area contributed by atoms with Crippen molar-refractivity contribution in [1.29, 1.82) is 0 Å². The molecule has 3 heterocycles. The number of hydrogen-bond donors (Lipinski definition) is 1. The van der Waals surface area contributed by atoms with Crippen LogP contribution in [-0.2, 0) is 4.74 Å². The quantitative estimate of drug-likeness (QED) is 0.395. The fraction of sp³-hybridized carbons (Fsp3) is 0.0909. The summed E-state index contributed by atoms with van der Waals surface area (Å²) < 4.78 is 16.9. The second-order valence-corrected chi connectivity index (χ2v) is 7.74. The zero-order valence-electron chi connectivity index (χ0n) is 16.5. The molecule has 31 heavy (non-hydrogen) atoms. The van der Waals surface area contributed by atoms with E-state index in [-0.39, 0.29) is 11.4 Å². The van der Waals surface area contributed by atoms with Crippen LogP contribution in [0.5, 0.6) is 0 Å². The molecule has 5 rings (SSSR count). The van der Waals surface area contributed by atoms with Gasteiger partial charge in [-0.25, -0.2) is 14.8 Å². The molecule has 3 aromatic heterocycles. The number of para-hydroxylation sites is 1. The zero-order valence-corrected chi connectivity index (χ0v) is 17.3. The topological polar surface area (TPSA) is 107 Å². The number of ether oxygens (including phenoxy) is 1. The number of rotatable bonds is 4. The van der Waals surface area contributed by atoms with Gasteiger partial charge in [-0.15, -0.1) is 11.3 Å². The first-order chi connectivity index (χ1) is 15.0. The van der Waals surface area contributed by atoms with Gasteiger partial charge < -0.3 is 13.6 Å². The molecule has 8 nitrogen and oxygen atoms in total. The van der Waals surface area contributed by atoms with Gasteiger partial charge in [0.05, 0.1) is 22.9 Å². The summed E-state index contributed by atoms with van der Waals surface area (Å²) in [5.41, 5.74) is 2.90. The Kier molecular flexibility index (Phi) is 4.52. The molecular formula is C22H15N3O5S. The minimum Gasteiger partial charge on any atom is -0.465 e. The van der Waals surface area contributed by atoms with Crippen molar-refractivity contribution >= 4 is 50.4 Å². The molecule has 1 amide bonds. The van der Waals surface area contributed by atoms with E-state index < -0.39 is 11.9 Å². The minimum absolute atomic E-state index is 0.127. The number of methoxy groups -OCH3 is 1. The molecule has 5 aromatic rings. The zero-order chi connectivity index (χ0) is 21.5. The van der Waals surface area contributed by atoms with Gasteiger partial charge in [-0.05, 0) is 37.3 Å². The lowest BCUT2D eigenvalue weighted by Crippen LogP contribution is -2.12. The summed E-state index contributed by atoms with van der Waals surface area (Å²) in [6, 6.07) is 12.5. The fourth-order valence-corrected chi connectivity index (χ4v) is 4.35.